The third kappa shape index (κ3) is 4.92. The van der Waals surface area contributed by atoms with Gasteiger partial charge in [-0.3, -0.25) is 14.9 Å². The Hall–Kier alpha value is -2.15. The summed E-state index contributed by atoms with van der Waals surface area (Å²) in [6.45, 7) is 0.805. The van der Waals surface area contributed by atoms with Gasteiger partial charge in [0.1, 0.15) is 6.54 Å². The number of hydrogen-bond acceptors (Lipinski definition) is 3. The van der Waals surface area contributed by atoms with Gasteiger partial charge in [0.05, 0.1) is 22.7 Å². The van der Waals surface area contributed by atoms with Gasteiger partial charge in [0.2, 0.25) is 0 Å². The molecular formula is C16H16Cl2N3O3+. The number of quaternary nitrogens is 1. The van der Waals surface area contributed by atoms with E-state index in [1.807, 2.05) is 25.2 Å². The molecule has 0 bridgehead atoms. The number of hydrogen-bond donors (Lipinski definition) is 2. The zero-order valence-electron chi connectivity index (χ0n) is 12.9. The van der Waals surface area contributed by atoms with Gasteiger partial charge in [-0.25, -0.2) is 0 Å². The molecule has 1 atom stereocenters. The van der Waals surface area contributed by atoms with Crippen molar-refractivity contribution in [3.63, 3.8) is 0 Å². The molecule has 0 saturated heterocycles. The van der Waals surface area contributed by atoms with Crippen molar-refractivity contribution < 1.29 is 14.6 Å². The van der Waals surface area contributed by atoms with Crippen LogP contribution in [0.4, 0.5) is 11.4 Å². The molecule has 0 spiro atoms. The van der Waals surface area contributed by atoms with Crippen molar-refractivity contribution in [2.45, 2.75) is 6.54 Å². The van der Waals surface area contributed by atoms with E-state index >= 15 is 0 Å². The van der Waals surface area contributed by atoms with Crippen LogP contribution in [0.25, 0.3) is 0 Å². The van der Waals surface area contributed by atoms with Crippen LogP contribution in [-0.4, -0.2) is 24.4 Å². The Morgan fingerprint density at radius 3 is 2.54 bits per heavy atom. The number of anilines is 1. The van der Waals surface area contributed by atoms with Crippen LogP contribution in [0, 0.1) is 10.1 Å². The lowest BCUT2D eigenvalue weighted by molar-refractivity contribution is -0.885. The van der Waals surface area contributed by atoms with Gasteiger partial charge in [-0.2, -0.15) is 0 Å². The molecule has 0 saturated carbocycles. The molecule has 126 valence electrons. The highest BCUT2D eigenvalue weighted by Gasteiger charge is 2.15. The maximum Gasteiger partial charge on any atom is 0.279 e. The van der Waals surface area contributed by atoms with E-state index in [0.29, 0.717) is 17.3 Å². The van der Waals surface area contributed by atoms with Crippen LogP contribution in [0.1, 0.15) is 5.56 Å². The average Bonchev–Trinajstić information content (AvgIpc) is 2.51. The summed E-state index contributed by atoms with van der Waals surface area (Å²) in [4.78, 5) is 23.2. The van der Waals surface area contributed by atoms with Crippen LogP contribution in [0.15, 0.2) is 42.5 Å². The minimum absolute atomic E-state index is 0.125. The molecule has 8 heteroatoms. The summed E-state index contributed by atoms with van der Waals surface area (Å²) in [6.07, 6.45) is 0. The number of carbonyl (C=O) groups is 1. The molecule has 2 aromatic rings. The zero-order valence-corrected chi connectivity index (χ0v) is 14.4. The third-order valence-corrected chi connectivity index (χ3v) is 4.03. The first kappa shape index (κ1) is 18.2. The van der Waals surface area contributed by atoms with Gasteiger partial charge < -0.3 is 10.2 Å². The van der Waals surface area contributed by atoms with E-state index in [0.717, 1.165) is 10.5 Å². The lowest BCUT2D eigenvalue weighted by Crippen LogP contribution is -3.08. The second-order valence-corrected chi connectivity index (χ2v) is 6.19. The smallest absolute Gasteiger partial charge is 0.279 e. The van der Waals surface area contributed by atoms with Crippen LogP contribution < -0.4 is 10.2 Å². The van der Waals surface area contributed by atoms with Crippen LogP contribution in [-0.2, 0) is 11.3 Å². The molecule has 6 nitrogen and oxygen atoms in total. The standard InChI is InChI=1S/C16H15Cl2N3O3/c1-20(9-11-4-2-3-5-13(11)17)10-16(22)19-15-7-6-12(21(23)24)8-14(15)18/h2-8H,9-10H2,1H3,(H,19,22)/p+1. The second kappa shape index (κ2) is 8.10. The Morgan fingerprint density at radius 1 is 1.21 bits per heavy atom. The molecule has 0 radical (unpaired) electrons. The minimum atomic E-state index is -0.543. The number of nitrogens with zero attached hydrogens (tertiary/aromatic N) is 1. The summed E-state index contributed by atoms with van der Waals surface area (Å²) in [5, 5.41) is 14.1. The lowest BCUT2D eigenvalue weighted by atomic mass is 10.2. The van der Waals surface area contributed by atoms with Gasteiger partial charge in [0.15, 0.2) is 6.54 Å². The number of non-ortho nitro benzene ring substituents is 1. The number of nitro groups is 1. The van der Waals surface area contributed by atoms with Crippen molar-refractivity contribution in [3.8, 4) is 0 Å². The number of halogens is 2. The van der Waals surface area contributed by atoms with Gasteiger partial charge in [0.25, 0.3) is 11.6 Å². The van der Waals surface area contributed by atoms with Gasteiger partial charge in [-0.05, 0) is 12.1 Å². The fourth-order valence-corrected chi connectivity index (χ4v) is 2.64. The van der Waals surface area contributed by atoms with E-state index in [9.17, 15) is 14.9 Å². The molecule has 0 heterocycles. The van der Waals surface area contributed by atoms with E-state index in [1.54, 1.807) is 6.07 Å². The topological polar surface area (TPSA) is 76.7 Å². The molecule has 0 aliphatic heterocycles. The molecule has 0 aliphatic rings. The zero-order chi connectivity index (χ0) is 17.7. The number of rotatable bonds is 6. The number of likely N-dealkylation sites (N-methyl/N-ethyl adjacent to an activating group) is 1. The number of carbonyl (C=O) groups excluding carboxylic acids is 1. The van der Waals surface area contributed by atoms with Crippen LogP contribution in [0.2, 0.25) is 10.0 Å². The van der Waals surface area contributed by atoms with E-state index in [4.69, 9.17) is 23.2 Å². The maximum atomic E-state index is 12.1. The van der Waals surface area contributed by atoms with E-state index in [1.165, 1.54) is 18.2 Å². The van der Waals surface area contributed by atoms with Crippen molar-refractivity contribution in [3.05, 3.63) is 68.2 Å². The summed E-state index contributed by atoms with van der Waals surface area (Å²) in [5.74, 6) is -0.240. The quantitative estimate of drug-likeness (QED) is 0.607. The van der Waals surface area contributed by atoms with E-state index in [-0.39, 0.29) is 23.2 Å². The Bertz CT molecular complexity index is 768. The van der Waals surface area contributed by atoms with Crippen LogP contribution in [0.3, 0.4) is 0 Å². The highest BCUT2D eigenvalue weighted by atomic mass is 35.5. The Labute approximate surface area is 149 Å². The van der Waals surface area contributed by atoms with Gasteiger partial charge in [0, 0.05) is 22.7 Å². The maximum absolute atomic E-state index is 12.1. The Kier molecular flexibility index (Phi) is 6.14. The summed E-state index contributed by atoms with van der Waals surface area (Å²) in [6, 6.07) is 11.4. The Balaban J connectivity index is 1.95. The van der Waals surface area contributed by atoms with Crippen LogP contribution in [0.5, 0.6) is 0 Å². The fraction of sp³-hybridized carbons (Fsp3) is 0.188. The normalized spacial score (nSPS) is 11.8. The predicted molar refractivity (Wildman–Crippen MR) is 93.6 cm³/mol. The lowest BCUT2D eigenvalue weighted by Gasteiger charge is -2.15. The first-order valence-corrected chi connectivity index (χ1v) is 7.91. The first-order valence-electron chi connectivity index (χ1n) is 7.15. The SMILES string of the molecule is C[NH+](CC(=O)Nc1ccc([N+](=O)[O-])cc1Cl)Cc1ccccc1Cl. The van der Waals surface area contributed by atoms with Gasteiger partial charge in [-0.15, -0.1) is 0 Å². The second-order valence-electron chi connectivity index (χ2n) is 5.37. The molecule has 1 unspecified atom stereocenters. The van der Waals surface area contributed by atoms with Crippen molar-refractivity contribution in [2.75, 3.05) is 18.9 Å². The average molecular weight is 369 g/mol. The van der Waals surface area contributed by atoms with Crippen molar-refractivity contribution in [2.24, 2.45) is 0 Å². The molecule has 1 amide bonds. The monoisotopic (exact) mass is 368 g/mol. The molecule has 2 rings (SSSR count). The molecule has 0 aliphatic carbocycles. The van der Waals surface area contributed by atoms with Crippen molar-refractivity contribution in [1.82, 2.24) is 0 Å². The summed E-state index contributed by atoms with van der Waals surface area (Å²) >= 11 is 12.1. The van der Waals surface area contributed by atoms with Crippen molar-refractivity contribution in [1.29, 1.82) is 0 Å². The van der Waals surface area contributed by atoms with E-state index < -0.39 is 4.92 Å². The van der Waals surface area contributed by atoms with Crippen molar-refractivity contribution >= 4 is 40.5 Å². The summed E-state index contributed by atoms with van der Waals surface area (Å²) in [7, 11) is 1.88. The fourth-order valence-electron chi connectivity index (χ4n) is 2.22. The molecule has 0 fully saturated rings. The Morgan fingerprint density at radius 2 is 1.92 bits per heavy atom. The minimum Gasteiger partial charge on any atom is -0.326 e. The molecule has 0 aromatic heterocycles. The highest BCUT2D eigenvalue weighted by Crippen LogP contribution is 2.26. The predicted octanol–water partition coefficient (Wildman–Crippen LogP) is 2.56. The summed E-state index contributed by atoms with van der Waals surface area (Å²) in [5.41, 5.74) is 1.18. The van der Waals surface area contributed by atoms with Crippen LogP contribution >= 0.6 is 23.2 Å². The largest absolute Gasteiger partial charge is 0.326 e. The first-order chi connectivity index (χ1) is 11.4. The number of amides is 1. The van der Waals surface area contributed by atoms with Gasteiger partial charge >= 0.3 is 0 Å². The van der Waals surface area contributed by atoms with E-state index in [2.05, 4.69) is 5.32 Å². The molecule has 24 heavy (non-hydrogen) atoms. The number of nitro benzene ring substituents is 1. The van der Waals surface area contributed by atoms with Gasteiger partial charge in [-0.1, -0.05) is 41.4 Å². The number of benzene rings is 2. The molecule has 2 N–H and O–H groups in total. The number of nitrogens with one attached hydrogen (secondary N) is 2. The summed E-state index contributed by atoms with van der Waals surface area (Å²) < 4.78 is 0. The molecular weight excluding hydrogens is 353 g/mol. The highest BCUT2D eigenvalue weighted by molar-refractivity contribution is 6.34. The molecule has 2 aromatic carbocycles. The third-order valence-electron chi connectivity index (χ3n) is 3.35.